The van der Waals surface area contributed by atoms with E-state index in [0.29, 0.717) is 40.8 Å². The van der Waals surface area contributed by atoms with Crippen LogP contribution in [0, 0.1) is 0 Å². The fourth-order valence-electron chi connectivity index (χ4n) is 3.57. The summed E-state index contributed by atoms with van der Waals surface area (Å²) in [6, 6.07) is 22.2. The summed E-state index contributed by atoms with van der Waals surface area (Å²) in [5.41, 5.74) is 3.28. The lowest BCUT2D eigenvalue weighted by Crippen LogP contribution is -2.09. The molecule has 0 radical (unpaired) electrons. The standard InChI is InChI=1S/C27H22ClNO4/c1-32-27(31)24-16-29-25(23-5-3-2-4-22(23)24)26(30)20-10-6-19(7-11-20)17-33-15-14-18-8-12-21(28)13-9-18/h2-13,16H,14-15,17H2,1H3. The molecule has 0 amide bonds. The summed E-state index contributed by atoms with van der Waals surface area (Å²) in [4.78, 5) is 29.5. The SMILES string of the molecule is COC(=O)c1cnc(C(=O)c2ccc(COCCc3ccc(Cl)cc3)cc2)c2ccccc12. The van der Waals surface area contributed by atoms with E-state index in [-0.39, 0.29) is 5.78 Å². The van der Waals surface area contributed by atoms with Crippen LogP contribution in [0.4, 0.5) is 0 Å². The zero-order chi connectivity index (χ0) is 23.2. The third kappa shape index (κ3) is 5.28. The highest BCUT2D eigenvalue weighted by molar-refractivity contribution is 6.30. The van der Waals surface area contributed by atoms with Crippen LogP contribution >= 0.6 is 11.6 Å². The van der Waals surface area contributed by atoms with Gasteiger partial charge in [0.1, 0.15) is 5.69 Å². The van der Waals surface area contributed by atoms with Crippen molar-refractivity contribution in [2.75, 3.05) is 13.7 Å². The molecule has 3 aromatic carbocycles. The largest absolute Gasteiger partial charge is 0.465 e. The summed E-state index contributed by atoms with van der Waals surface area (Å²) in [5, 5.41) is 1.96. The van der Waals surface area contributed by atoms with Crippen molar-refractivity contribution in [3.05, 3.63) is 112 Å². The number of ketones is 1. The quantitative estimate of drug-likeness (QED) is 0.193. The molecule has 0 bridgehead atoms. The first kappa shape index (κ1) is 22.6. The molecule has 0 aliphatic heterocycles. The third-order valence-electron chi connectivity index (χ3n) is 5.35. The second kappa shape index (κ2) is 10.4. The van der Waals surface area contributed by atoms with Crippen LogP contribution < -0.4 is 0 Å². The lowest BCUT2D eigenvalue weighted by atomic mass is 9.99. The van der Waals surface area contributed by atoms with Gasteiger partial charge in [-0.2, -0.15) is 0 Å². The van der Waals surface area contributed by atoms with E-state index < -0.39 is 5.97 Å². The van der Waals surface area contributed by atoms with E-state index in [1.165, 1.54) is 18.9 Å². The number of hydrogen-bond donors (Lipinski definition) is 0. The van der Waals surface area contributed by atoms with Crippen LogP contribution in [0.2, 0.25) is 5.02 Å². The van der Waals surface area contributed by atoms with Gasteiger partial charge in [0.15, 0.2) is 0 Å². The number of carbonyl (C=O) groups excluding carboxylic acids is 2. The molecule has 1 heterocycles. The topological polar surface area (TPSA) is 65.5 Å². The number of rotatable bonds is 8. The molecule has 0 N–H and O–H groups in total. The fraction of sp³-hybridized carbons (Fsp3) is 0.148. The van der Waals surface area contributed by atoms with Crippen molar-refractivity contribution in [1.82, 2.24) is 4.98 Å². The molecule has 6 heteroatoms. The summed E-state index contributed by atoms with van der Waals surface area (Å²) in [5.74, 6) is -0.698. The second-order valence-electron chi connectivity index (χ2n) is 7.51. The first-order valence-corrected chi connectivity index (χ1v) is 10.9. The molecule has 4 aromatic rings. The smallest absolute Gasteiger partial charge is 0.340 e. The van der Waals surface area contributed by atoms with Gasteiger partial charge in [0.25, 0.3) is 0 Å². The van der Waals surface area contributed by atoms with Gasteiger partial charge in [-0.1, -0.05) is 72.3 Å². The van der Waals surface area contributed by atoms with Gasteiger partial charge in [-0.3, -0.25) is 9.78 Å². The van der Waals surface area contributed by atoms with Crippen LogP contribution in [0.1, 0.15) is 37.5 Å². The highest BCUT2D eigenvalue weighted by Gasteiger charge is 2.19. The van der Waals surface area contributed by atoms with E-state index in [1.807, 2.05) is 48.5 Å². The molecular weight excluding hydrogens is 438 g/mol. The van der Waals surface area contributed by atoms with Gasteiger partial charge in [0.2, 0.25) is 5.78 Å². The predicted molar refractivity (Wildman–Crippen MR) is 128 cm³/mol. The Morgan fingerprint density at radius 1 is 0.879 bits per heavy atom. The van der Waals surface area contributed by atoms with E-state index in [2.05, 4.69) is 4.98 Å². The Morgan fingerprint density at radius 3 is 2.24 bits per heavy atom. The van der Waals surface area contributed by atoms with Crippen molar-refractivity contribution >= 4 is 34.1 Å². The van der Waals surface area contributed by atoms with Gasteiger partial charge in [0.05, 0.1) is 25.9 Å². The zero-order valence-corrected chi connectivity index (χ0v) is 18.8. The molecule has 0 aliphatic carbocycles. The van der Waals surface area contributed by atoms with E-state index >= 15 is 0 Å². The minimum absolute atomic E-state index is 0.210. The van der Waals surface area contributed by atoms with Crippen molar-refractivity contribution in [3.8, 4) is 0 Å². The lowest BCUT2D eigenvalue weighted by Gasteiger charge is -2.09. The molecule has 0 fully saturated rings. The maximum Gasteiger partial charge on any atom is 0.340 e. The summed E-state index contributed by atoms with van der Waals surface area (Å²) in [6.45, 7) is 1.04. The van der Waals surface area contributed by atoms with Gasteiger partial charge >= 0.3 is 5.97 Å². The number of pyridine rings is 1. The zero-order valence-electron chi connectivity index (χ0n) is 18.1. The van der Waals surface area contributed by atoms with Crippen LogP contribution in [0.3, 0.4) is 0 Å². The first-order valence-electron chi connectivity index (χ1n) is 10.5. The molecular formula is C27H22ClNO4. The molecule has 33 heavy (non-hydrogen) atoms. The number of methoxy groups -OCH3 is 1. The number of nitrogens with zero attached hydrogens (tertiary/aromatic N) is 1. The maximum absolute atomic E-state index is 13.1. The highest BCUT2D eigenvalue weighted by Crippen LogP contribution is 2.24. The first-order chi connectivity index (χ1) is 16.1. The minimum Gasteiger partial charge on any atom is -0.465 e. The summed E-state index contributed by atoms with van der Waals surface area (Å²) >= 11 is 5.90. The molecule has 5 nitrogen and oxygen atoms in total. The molecule has 0 saturated heterocycles. The van der Waals surface area contributed by atoms with Gasteiger partial charge in [-0.05, 0) is 29.7 Å². The Hall–Kier alpha value is -3.54. The minimum atomic E-state index is -0.488. The van der Waals surface area contributed by atoms with Crippen molar-refractivity contribution in [2.45, 2.75) is 13.0 Å². The molecule has 0 atom stereocenters. The Balaban J connectivity index is 1.43. The van der Waals surface area contributed by atoms with Crippen molar-refractivity contribution in [3.63, 3.8) is 0 Å². The Labute approximate surface area is 196 Å². The average molecular weight is 460 g/mol. The third-order valence-corrected chi connectivity index (χ3v) is 5.60. The monoisotopic (exact) mass is 459 g/mol. The number of benzene rings is 3. The van der Waals surface area contributed by atoms with Gasteiger partial charge in [-0.15, -0.1) is 0 Å². The number of aromatic nitrogens is 1. The van der Waals surface area contributed by atoms with Crippen molar-refractivity contribution < 1.29 is 19.1 Å². The van der Waals surface area contributed by atoms with Gasteiger partial charge in [0, 0.05) is 27.6 Å². The highest BCUT2D eigenvalue weighted by atomic mass is 35.5. The van der Waals surface area contributed by atoms with E-state index in [1.54, 1.807) is 24.3 Å². The number of ether oxygens (including phenoxy) is 2. The summed E-state index contributed by atoms with van der Waals surface area (Å²) in [6.07, 6.45) is 2.19. The molecule has 4 rings (SSSR count). The Kier molecular flexibility index (Phi) is 7.13. The lowest BCUT2D eigenvalue weighted by molar-refractivity contribution is 0.0602. The van der Waals surface area contributed by atoms with E-state index in [9.17, 15) is 9.59 Å². The predicted octanol–water partition coefficient (Wildman–Crippen LogP) is 5.67. The van der Waals surface area contributed by atoms with Crippen LogP contribution in [0.15, 0.2) is 79.0 Å². The molecule has 166 valence electrons. The number of halogens is 1. The maximum atomic E-state index is 13.1. The molecule has 0 aliphatic rings. The van der Waals surface area contributed by atoms with Gasteiger partial charge in [-0.25, -0.2) is 4.79 Å². The summed E-state index contributed by atoms with van der Waals surface area (Å²) < 4.78 is 10.6. The normalized spacial score (nSPS) is 10.8. The van der Waals surface area contributed by atoms with Crippen molar-refractivity contribution in [2.24, 2.45) is 0 Å². The van der Waals surface area contributed by atoms with E-state index in [0.717, 1.165) is 17.0 Å². The van der Waals surface area contributed by atoms with Crippen molar-refractivity contribution in [1.29, 1.82) is 0 Å². The van der Waals surface area contributed by atoms with Crippen LogP contribution in [-0.4, -0.2) is 30.5 Å². The molecule has 0 unspecified atom stereocenters. The number of fused-ring (bicyclic) bond motifs is 1. The average Bonchev–Trinajstić information content (AvgIpc) is 2.86. The van der Waals surface area contributed by atoms with Crippen LogP contribution in [0.5, 0.6) is 0 Å². The van der Waals surface area contributed by atoms with E-state index in [4.69, 9.17) is 21.1 Å². The Morgan fingerprint density at radius 2 is 1.55 bits per heavy atom. The fourth-order valence-corrected chi connectivity index (χ4v) is 3.69. The number of esters is 1. The summed E-state index contributed by atoms with van der Waals surface area (Å²) in [7, 11) is 1.32. The van der Waals surface area contributed by atoms with Crippen LogP contribution in [-0.2, 0) is 22.5 Å². The second-order valence-corrected chi connectivity index (χ2v) is 7.95. The number of hydrogen-bond acceptors (Lipinski definition) is 5. The Bertz CT molecular complexity index is 1280. The van der Waals surface area contributed by atoms with Crippen LogP contribution in [0.25, 0.3) is 10.8 Å². The molecule has 0 saturated carbocycles. The van der Waals surface area contributed by atoms with Gasteiger partial charge < -0.3 is 9.47 Å². The molecule has 1 aromatic heterocycles. The number of carbonyl (C=O) groups is 2. The molecule has 0 spiro atoms.